The summed E-state index contributed by atoms with van der Waals surface area (Å²) in [5, 5.41) is 0. The molecule has 1 aliphatic rings. The average Bonchev–Trinajstić information content (AvgIpc) is 1.86. The second kappa shape index (κ2) is 2.89. The Balaban J connectivity index is 2.40. The quantitative estimate of drug-likeness (QED) is 0.597. The molecule has 60 valence electrons. The van der Waals surface area contributed by atoms with Crippen LogP contribution in [0.15, 0.2) is 0 Å². The van der Waals surface area contributed by atoms with Gasteiger partial charge >= 0.3 is 0 Å². The van der Waals surface area contributed by atoms with E-state index in [4.69, 9.17) is 10.5 Å². The predicted molar refractivity (Wildman–Crippen MR) is 41.8 cm³/mol. The Morgan fingerprint density at radius 1 is 1.60 bits per heavy atom. The van der Waals surface area contributed by atoms with E-state index in [0.29, 0.717) is 18.1 Å². The molecule has 2 nitrogen and oxygen atoms in total. The van der Waals surface area contributed by atoms with E-state index in [9.17, 15) is 0 Å². The maximum absolute atomic E-state index is 5.50. The number of ether oxygens (including phenoxy) is 1. The monoisotopic (exact) mass is 143 g/mol. The number of rotatable bonds is 1. The van der Waals surface area contributed by atoms with Gasteiger partial charge in [0, 0.05) is 13.2 Å². The molecular formula is C8H17NO. The highest BCUT2D eigenvalue weighted by molar-refractivity contribution is 4.78. The molecule has 0 radical (unpaired) electrons. The molecule has 1 atom stereocenters. The van der Waals surface area contributed by atoms with Gasteiger partial charge in [0.2, 0.25) is 0 Å². The SMILES string of the molecule is CC1(C)CCOC(CN)C1. The Morgan fingerprint density at radius 3 is 2.70 bits per heavy atom. The average molecular weight is 143 g/mol. The van der Waals surface area contributed by atoms with Crippen molar-refractivity contribution in [2.75, 3.05) is 13.2 Å². The zero-order chi connectivity index (χ0) is 7.61. The van der Waals surface area contributed by atoms with Crippen LogP contribution >= 0.6 is 0 Å². The fourth-order valence-electron chi connectivity index (χ4n) is 1.43. The number of hydrogen-bond donors (Lipinski definition) is 1. The molecule has 2 heteroatoms. The Labute approximate surface area is 62.7 Å². The molecule has 1 rings (SSSR count). The highest BCUT2D eigenvalue weighted by atomic mass is 16.5. The molecule has 0 aromatic heterocycles. The minimum absolute atomic E-state index is 0.309. The summed E-state index contributed by atoms with van der Waals surface area (Å²) in [4.78, 5) is 0. The van der Waals surface area contributed by atoms with E-state index < -0.39 is 0 Å². The van der Waals surface area contributed by atoms with Crippen molar-refractivity contribution in [3.8, 4) is 0 Å². The normalized spacial score (nSPS) is 32.1. The molecular weight excluding hydrogens is 126 g/mol. The lowest BCUT2D eigenvalue weighted by atomic mass is 9.82. The topological polar surface area (TPSA) is 35.2 Å². The van der Waals surface area contributed by atoms with E-state index in [2.05, 4.69) is 13.8 Å². The zero-order valence-corrected chi connectivity index (χ0v) is 6.89. The zero-order valence-electron chi connectivity index (χ0n) is 6.89. The van der Waals surface area contributed by atoms with Crippen molar-refractivity contribution < 1.29 is 4.74 Å². The fourth-order valence-corrected chi connectivity index (χ4v) is 1.43. The van der Waals surface area contributed by atoms with Gasteiger partial charge in [-0.3, -0.25) is 0 Å². The van der Waals surface area contributed by atoms with Gasteiger partial charge < -0.3 is 10.5 Å². The summed E-state index contributed by atoms with van der Waals surface area (Å²) in [6.07, 6.45) is 2.59. The molecule has 1 heterocycles. The summed E-state index contributed by atoms with van der Waals surface area (Å²) in [5.41, 5.74) is 5.95. The van der Waals surface area contributed by atoms with Crippen LogP contribution < -0.4 is 5.73 Å². The number of nitrogens with two attached hydrogens (primary N) is 1. The Bertz CT molecular complexity index is 112. The van der Waals surface area contributed by atoms with Gasteiger partial charge in [-0.15, -0.1) is 0 Å². The van der Waals surface area contributed by atoms with E-state index in [1.807, 2.05) is 0 Å². The standard InChI is InChI=1S/C8H17NO/c1-8(2)3-4-10-7(5-8)6-9/h7H,3-6,9H2,1-2H3. The van der Waals surface area contributed by atoms with Gasteiger partial charge in [0.1, 0.15) is 0 Å². The molecule has 1 unspecified atom stereocenters. The van der Waals surface area contributed by atoms with E-state index in [1.165, 1.54) is 6.42 Å². The van der Waals surface area contributed by atoms with Crippen LogP contribution in [0.5, 0.6) is 0 Å². The first-order valence-electron chi connectivity index (χ1n) is 3.96. The van der Waals surface area contributed by atoms with E-state index in [1.54, 1.807) is 0 Å². The van der Waals surface area contributed by atoms with Crippen LogP contribution in [-0.4, -0.2) is 19.3 Å². The summed E-state index contributed by atoms with van der Waals surface area (Å²) in [6.45, 7) is 6.11. The summed E-state index contributed by atoms with van der Waals surface area (Å²) in [6, 6.07) is 0. The molecule has 0 aromatic rings. The molecule has 0 aliphatic carbocycles. The third-order valence-corrected chi connectivity index (χ3v) is 2.18. The molecule has 0 spiro atoms. The highest BCUT2D eigenvalue weighted by Crippen LogP contribution is 2.31. The molecule has 0 amide bonds. The van der Waals surface area contributed by atoms with Crippen molar-refractivity contribution in [3.05, 3.63) is 0 Å². The van der Waals surface area contributed by atoms with Gasteiger partial charge in [0.25, 0.3) is 0 Å². The van der Waals surface area contributed by atoms with Crippen molar-refractivity contribution in [2.45, 2.75) is 32.8 Å². The molecule has 2 N–H and O–H groups in total. The van der Waals surface area contributed by atoms with Crippen LogP contribution in [0.3, 0.4) is 0 Å². The molecule has 1 aliphatic heterocycles. The Kier molecular flexibility index (Phi) is 2.32. The van der Waals surface area contributed by atoms with Crippen LogP contribution in [0.1, 0.15) is 26.7 Å². The molecule has 1 fully saturated rings. The van der Waals surface area contributed by atoms with Crippen LogP contribution in [0.2, 0.25) is 0 Å². The maximum Gasteiger partial charge on any atom is 0.0702 e. The molecule has 10 heavy (non-hydrogen) atoms. The molecule has 0 bridgehead atoms. The lowest BCUT2D eigenvalue weighted by Gasteiger charge is -2.34. The van der Waals surface area contributed by atoms with Crippen molar-refractivity contribution >= 4 is 0 Å². The fraction of sp³-hybridized carbons (Fsp3) is 1.00. The van der Waals surface area contributed by atoms with Crippen molar-refractivity contribution in [3.63, 3.8) is 0 Å². The first-order valence-corrected chi connectivity index (χ1v) is 3.96. The predicted octanol–water partition coefficient (Wildman–Crippen LogP) is 1.15. The first kappa shape index (κ1) is 8.02. The van der Waals surface area contributed by atoms with Gasteiger partial charge in [-0.25, -0.2) is 0 Å². The second-order valence-electron chi connectivity index (χ2n) is 3.85. The Hall–Kier alpha value is -0.0800. The van der Waals surface area contributed by atoms with Crippen molar-refractivity contribution in [1.82, 2.24) is 0 Å². The van der Waals surface area contributed by atoms with E-state index >= 15 is 0 Å². The maximum atomic E-state index is 5.50. The van der Waals surface area contributed by atoms with Crippen LogP contribution in [0.4, 0.5) is 0 Å². The third kappa shape index (κ3) is 1.96. The lowest BCUT2D eigenvalue weighted by Crippen LogP contribution is -2.35. The summed E-state index contributed by atoms with van der Waals surface area (Å²) < 4.78 is 5.44. The first-order chi connectivity index (χ1) is 4.64. The molecule has 0 saturated carbocycles. The molecule has 0 aromatic carbocycles. The minimum Gasteiger partial charge on any atom is -0.377 e. The smallest absolute Gasteiger partial charge is 0.0702 e. The van der Waals surface area contributed by atoms with E-state index in [-0.39, 0.29) is 0 Å². The van der Waals surface area contributed by atoms with Gasteiger partial charge in [-0.2, -0.15) is 0 Å². The highest BCUT2D eigenvalue weighted by Gasteiger charge is 2.27. The van der Waals surface area contributed by atoms with Crippen LogP contribution in [0, 0.1) is 5.41 Å². The second-order valence-corrected chi connectivity index (χ2v) is 3.85. The van der Waals surface area contributed by atoms with Crippen LogP contribution in [-0.2, 0) is 4.74 Å². The summed E-state index contributed by atoms with van der Waals surface area (Å²) in [5.74, 6) is 0. The minimum atomic E-state index is 0.309. The largest absolute Gasteiger partial charge is 0.377 e. The summed E-state index contributed by atoms with van der Waals surface area (Å²) in [7, 11) is 0. The third-order valence-electron chi connectivity index (χ3n) is 2.18. The van der Waals surface area contributed by atoms with Crippen LogP contribution in [0.25, 0.3) is 0 Å². The van der Waals surface area contributed by atoms with E-state index in [0.717, 1.165) is 13.0 Å². The summed E-state index contributed by atoms with van der Waals surface area (Å²) >= 11 is 0. The van der Waals surface area contributed by atoms with Gasteiger partial charge in [0.05, 0.1) is 6.10 Å². The Morgan fingerprint density at radius 2 is 2.30 bits per heavy atom. The van der Waals surface area contributed by atoms with Gasteiger partial charge in [-0.05, 0) is 18.3 Å². The lowest BCUT2D eigenvalue weighted by molar-refractivity contribution is -0.0302. The van der Waals surface area contributed by atoms with Gasteiger partial charge in [-0.1, -0.05) is 13.8 Å². The van der Waals surface area contributed by atoms with Crippen molar-refractivity contribution in [1.29, 1.82) is 0 Å². The molecule has 1 saturated heterocycles. The van der Waals surface area contributed by atoms with Crippen molar-refractivity contribution in [2.24, 2.45) is 11.1 Å². The number of hydrogen-bond acceptors (Lipinski definition) is 2. The van der Waals surface area contributed by atoms with Gasteiger partial charge in [0.15, 0.2) is 0 Å².